The molecule has 0 aliphatic carbocycles. The van der Waals surface area contributed by atoms with Gasteiger partial charge in [-0.3, -0.25) is 9.59 Å². The second-order valence-corrected chi connectivity index (χ2v) is 6.26. The number of anilines is 2. The summed E-state index contributed by atoms with van der Waals surface area (Å²) in [5.41, 5.74) is 2.71. The number of para-hydroxylation sites is 2. The van der Waals surface area contributed by atoms with Crippen LogP contribution >= 0.6 is 0 Å². The van der Waals surface area contributed by atoms with E-state index in [0.29, 0.717) is 12.3 Å². The number of hydrogen-bond acceptors (Lipinski definition) is 3. The first kappa shape index (κ1) is 17.0. The van der Waals surface area contributed by atoms with Crippen LogP contribution in [0.1, 0.15) is 18.9 Å². The molecule has 5 heteroatoms. The highest BCUT2D eigenvalue weighted by molar-refractivity contribution is 6.01. The molecule has 0 aromatic heterocycles. The summed E-state index contributed by atoms with van der Waals surface area (Å²) in [6, 6.07) is 15.2. The van der Waals surface area contributed by atoms with Gasteiger partial charge in [0.2, 0.25) is 5.91 Å². The van der Waals surface area contributed by atoms with Gasteiger partial charge in [0, 0.05) is 25.7 Å². The van der Waals surface area contributed by atoms with E-state index < -0.39 is 6.10 Å². The smallest absolute Gasteiger partial charge is 0.267 e. The van der Waals surface area contributed by atoms with Crippen molar-refractivity contribution in [3.05, 3.63) is 54.1 Å². The van der Waals surface area contributed by atoms with Crippen molar-refractivity contribution in [2.45, 2.75) is 26.4 Å². The number of nitrogens with zero attached hydrogens (tertiary/aromatic N) is 2. The lowest BCUT2D eigenvalue weighted by atomic mass is 10.1. The van der Waals surface area contributed by atoms with Gasteiger partial charge in [-0.05, 0) is 38.1 Å². The molecule has 5 nitrogen and oxygen atoms in total. The summed E-state index contributed by atoms with van der Waals surface area (Å²) in [6.07, 6.45) is -0.295. The van der Waals surface area contributed by atoms with Gasteiger partial charge in [-0.1, -0.05) is 29.8 Å². The Hall–Kier alpha value is -2.82. The molecule has 1 heterocycles. The van der Waals surface area contributed by atoms with Crippen molar-refractivity contribution >= 4 is 23.2 Å². The maximum absolute atomic E-state index is 12.5. The minimum atomic E-state index is -0.542. The molecule has 0 fully saturated rings. The molecule has 0 saturated carbocycles. The second kappa shape index (κ2) is 6.97. The molecule has 2 amide bonds. The lowest BCUT2D eigenvalue weighted by molar-refractivity contribution is -0.125. The zero-order valence-electron chi connectivity index (χ0n) is 14.7. The van der Waals surface area contributed by atoms with E-state index in [1.807, 2.05) is 55.5 Å². The van der Waals surface area contributed by atoms with Crippen LogP contribution in [0.3, 0.4) is 0 Å². The van der Waals surface area contributed by atoms with Gasteiger partial charge in [-0.15, -0.1) is 0 Å². The highest BCUT2D eigenvalue weighted by Gasteiger charge is 2.31. The van der Waals surface area contributed by atoms with Crippen LogP contribution in [0.25, 0.3) is 0 Å². The van der Waals surface area contributed by atoms with Crippen molar-refractivity contribution in [2.75, 3.05) is 23.4 Å². The molecule has 0 bridgehead atoms. The molecule has 3 rings (SSSR count). The Bertz CT molecular complexity index is 786. The van der Waals surface area contributed by atoms with E-state index in [1.165, 1.54) is 0 Å². The Balaban J connectivity index is 1.71. The molecule has 0 saturated heterocycles. The summed E-state index contributed by atoms with van der Waals surface area (Å²) in [5, 5.41) is 0. The van der Waals surface area contributed by atoms with Crippen molar-refractivity contribution in [1.29, 1.82) is 0 Å². The molecular weight excluding hydrogens is 316 g/mol. The normalized spacial score (nSPS) is 16.2. The number of fused-ring (bicyclic) bond motifs is 1. The number of carbonyl (C=O) groups excluding carboxylic acids is 2. The molecule has 1 aliphatic rings. The summed E-state index contributed by atoms with van der Waals surface area (Å²) >= 11 is 0. The van der Waals surface area contributed by atoms with E-state index >= 15 is 0 Å². The molecule has 1 atom stereocenters. The predicted octanol–water partition coefficient (Wildman–Crippen LogP) is 3.16. The Morgan fingerprint density at radius 1 is 1.16 bits per heavy atom. The maximum atomic E-state index is 12.5. The van der Waals surface area contributed by atoms with Gasteiger partial charge in [-0.25, -0.2) is 0 Å². The van der Waals surface area contributed by atoms with E-state index in [9.17, 15) is 9.59 Å². The Labute approximate surface area is 147 Å². The molecular formula is C20H22N2O3. The lowest BCUT2D eigenvalue weighted by Gasteiger charge is -2.33. The average Bonchev–Trinajstić information content (AvgIpc) is 2.62. The summed E-state index contributed by atoms with van der Waals surface area (Å²) < 4.78 is 5.62. The number of aryl methyl sites for hydroxylation is 1. The average molecular weight is 338 g/mol. The van der Waals surface area contributed by atoms with Gasteiger partial charge < -0.3 is 14.5 Å². The number of hydrogen-bond donors (Lipinski definition) is 0. The van der Waals surface area contributed by atoms with Gasteiger partial charge in [0.15, 0.2) is 6.10 Å². The summed E-state index contributed by atoms with van der Waals surface area (Å²) in [4.78, 5) is 28.2. The van der Waals surface area contributed by atoms with Crippen LogP contribution < -0.4 is 14.5 Å². The van der Waals surface area contributed by atoms with Crippen molar-refractivity contribution in [3.8, 4) is 5.75 Å². The molecule has 0 spiro atoms. The van der Waals surface area contributed by atoms with Gasteiger partial charge in [-0.2, -0.15) is 0 Å². The molecule has 2 aromatic carbocycles. The first-order valence-corrected chi connectivity index (χ1v) is 8.37. The minimum Gasteiger partial charge on any atom is -0.479 e. The number of carbonyl (C=O) groups is 2. The van der Waals surface area contributed by atoms with E-state index in [4.69, 9.17) is 4.74 Å². The first-order valence-electron chi connectivity index (χ1n) is 8.37. The molecule has 0 radical (unpaired) electrons. The van der Waals surface area contributed by atoms with Gasteiger partial charge in [0.25, 0.3) is 5.91 Å². The zero-order chi connectivity index (χ0) is 18.0. The third-order valence-electron chi connectivity index (χ3n) is 4.42. The fourth-order valence-electron chi connectivity index (χ4n) is 2.88. The summed E-state index contributed by atoms with van der Waals surface area (Å²) in [5.74, 6) is 0.520. The highest BCUT2D eigenvalue weighted by atomic mass is 16.5. The predicted molar refractivity (Wildman–Crippen MR) is 98.1 cm³/mol. The van der Waals surface area contributed by atoms with Crippen molar-refractivity contribution in [1.82, 2.24) is 0 Å². The number of amides is 2. The molecule has 0 N–H and O–H groups in total. The third-order valence-corrected chi connectivity index (χ3v) is 4.42. The zero-order valence-corrected chi connectivity index (χ0v) is 14.7. The second-order valence-electron chi connectivity index (χ2n) is 6.26. The monoisotopic (exact) mass is 338 g/mol. The first-order chi connectivity index (χ1) is 12.0. The van der Waals surface area contributed by atoms with Crippen LogP contribution in [-0.2, 0) is 9.59 Å². The van der Waals surface area contributed by atoms with Crippen molar-refractivity contribution in [2.24, 2.45) is 0 Å². The van der Waals surface area contributed by atoms with Crippen LogP contribution in [0.15, 0.2) is 48.5 Å². The molecule has 1 unspecified atom stereocenters. The molecule has 2 aromatic rings. The number of rotatable bonds is 4. The summed E-state index contributed by atoms with van der Waals surface area (Å²) in [7, 11) is 1.75. The van der Waals surface area contributed by atoms with Crippen LogP contribution in [0.5, 0.6) is 5.75 Å². The molecule has 1 aliphatic heterocycles. The quantitative estimate of drug-likeness (QED) is 0.860. The van der Waals surface area contributed by atoms with Gasteiger partial charge >= 0.3 is 0 Å². The standard InChI is InChI=1S/C20H22N2O3/c1-14-8-10-16(11-9-14)21(3)19(23)12-13-22-17-6-4-5-7-18(17)25-15(2)20(22)24/h4-11,15H,12-13H2,1-3H3. The van der Waals surface area contributed by atoms with Crippen LogP contribution in [0, 0.1) is 6.92 Å². The lowest BCUT2D eigenvalue weighted by Crippen LogP contribution is -2.45. The van der Waals surface area contributed by atoms with Crippen molar-refractivity contribution in [3.63, 3.8) is 0 Å². The number of benzene rings is 2. The largest absolute Gasteiger partial charge is 0.479 e. The minimum absolute atomic E-state index is 0.0340. The molecule has 25 heavy (non-hydrogen) atoms. The summed E-state index contributed by atoms with van der Waals surface area (Å²) in [6.45, 7) is 4.07. The van der Waals surface area contributed by atoms with Crippen molar-refractivity contribution < 1.29 is 14.3 Å². The topological polar surface area (TPSA) is 49.9 Å². The fraction of sp³-hybridized carbons (Fsp3) is 0.300. The van der Waals surface area contributed by atoms with Crippen LogP contribution in [0.2, 0.25) is 0 Å². The van der Waals surface area contributed by atoms with E-state index in [1.54, 1.807) is 23.8 Å². The maximum Gasteiger partial charge on any atom is 0.267 e. The number of ether oxygens (including phenoxy) is 1. The van der Waals surface area contributed by atoms with Crippen LogP contribution in [-0.4, -0.2) is 31.5 Å². The molecule has 130 valence electrons. The SMILES string of the molecule is Cc1ccc(N(C)C(=O)CCN2C(=O)C(C)Oc3ccccc32)cc1. The van der Waals surface area contributed by atoms with Gasteiger partial charge in [0.1, 0.15) is 5.75 Å². The van der Waals surface area contributed by atoms with Crippen LogP contribution in [0.4, 0.5) is 11.4 Å². The highest BCUT2D eigenvalue weighted by Crippen LogP contribution is 2.33. The Morgan fingerprint density at radius 3 is 2.56 bits per heavy atom. The Morgan fingerprint density at radius 2 is 1.84 bits per heavy atom. The van der Waals surface area contributed by atoms with E-state index in [2.05, 4.69) is 0 Å². The Kier molecular flexibility index (Phi) is 4.74. The fourth-order valence-corrected chi connectivity index (χ4v) is 2.88. The van der Waals surface area contributed by atoms with E-state index in [-0.39, 0.29) is 18.2 Å². The third kappa shape index (κ3) is 3.50. The van der Waals surface area contributed by atoms with E-state index in [0.717, 1.165) is 16.9 Å². The van der Waals surface area contributed by atoms with Gasteiger partial charge in [0.05, 0.1) is 5.69 Å².